The zero-order valence-electron chi connectivity index (χ0n) is 16.3. The summed E-state index contributed by atoms with van der Waals surface area (Å²) < 4.78 is 0. The predicted molar refractivity (Wildman–Crippen MR) is 121 cm³/mol. The molecule has 1 unspecified atom stereocenters. The molecule has 2 heterocycles. The lowest BCUT2D eigenvalue weighted by Gasteiger charge is -2.35. The molecule has 5 nitrogen and oxygen atoms in total. The van der Waals surface area contributed by atoms with E-state index in [1.165, 1.54) is 11.1 Å². The number of anilines is 1. The molecule has 3 aromatic rings. The zero-order chi connectivity index (χ0) is 20.9. The monoisotopic (exact) mass is 439 g/mol. The van der Waals surface area contributed by atoms with Gasteiger partial charge in [-0.05, 0) is 58.1 Å². The molecule has 2 N–H and O–H groups in total. The summed E-state index contributed by atoms with van der Waals surface area (Å²) in [6.07, 6.45) is 0.972. The van der Waals surface area contributed by atoms with Crippen LogP contribution in [0.5, 0.6) is 0 Å². The maximum Gasteiger partial charge on any atom is 0.313 e. The van der Waals surface area contributed by atoms with Crippen LogP contribution in [0.15, 0.2) is 65.4 Å². The average molecular weight is 440 g/mol. The number of hydrogen-bond acceptors (Lipinski definition) is 4. The summed E-state index contributed by atoms with van der Waals surface area (Å²) in [4.78, 5) is 27.1. The van der Waals surface area contributed by atoms with Gasteiger partial charge in [0.15, 0.2) is 0 Å². The fraction of sp³-hybridized carbons (Fsp3) is 0.217. The van der Waals surface area contributed by atoms with Crippen LogP contribution < -0.4 is 10.6 Å². The molecular weight excluding hydrogens is 418 g/mol. The summed E-state index contributed by atoms with van der Waals surface area (Å²) in [7, 11) is 0. The quantitative estimate of drug-likeness (QED) is 0.584. The summed E-state index contributed by atoms with van der Waals surface area (Å²) in [5.41, 5.74) is 4.33. The van der Waals surface area contributed by atoms with Crippen LogP contribution in [0.3, 0.4) is 0 Å². The van der Waals surface area contributed by atoms with Crippen LogP contribution in [0.25, 0.3) is 0 Å². The first-order valence-corrected chi connectivity index (χ1v) is 11.1. The third-order valence-electron chi connectivity index (χ3n) is 5.27. The minimum atomic E-state index is -0.703. The van der Waals surface area contributed by atoms with Gasteiger partial charge < -0.3 is 10.6 Å². The molecule has 7 heteroatoms. The van der Waals surface area contributed by atoms with Gasteiger partial charge in [0, 0.05) is 30.3 Å². The number of thiophene rings is 1. The first-order valence-electron chi connectivity index (χ1n) is 9.78. The van der Waals surface area contributed by atoms with Crippen molar-refractivity contribution in [1.29, 1.82) is 0 Å². The Morgan fingerprint density at radius 2 is 1.90 bits per heavy atom. The normalized spacial score (nSPS) is 14.6. The third kappa shape index (κ3) is 4.90. The molecule has 2 aromatic carbocycles. The Hall–Kier alpha value is -2.67. The van der Waals surface area contributed by atoms with Crippen LogP contribution >= 0.6 is 22.9 Å². The van der Waals surface area contributed by atoms with Gasteiger partial charge in [-0.1, -0.05) is 41.9 Å². The molecule has 0 fully saturated rings. The molecule has 2 amide bonds. The van der Waals surface area contributed by atoms with Crippen LogP contribution in [-0.4, -0.2) is 29.8 Å². The maximum atomic E-state index is 12.4. The number of halogens is 1. The zero-order valence-corrected chi connectivity index (χ0v) is 17.9. The highest BCUT2D eigenvalue weighted by atomic mass is 35.5. The van der Waals surface area contributed by atoms with Gasteiger partial charge in [-0.15, -0.1) is 0 Å². The Labute approximate surface area is 184 Å². The standard InChI is InChI=1S/C23H22ClN3O2S/c24-19-6-3-7-20(12-19)26-23(29)22(28)25-13-21(18-9-11-30-15-18)27-10-8-16-4-1-2-5-17(16)14-27/h1-7,9,11-12,15,21H,8,10,13-14H2,(H,25,28)(H,26,29). The fourth-order valence-corrected chi connectivity index (χ4v) is 4.63. The van der Waals surface area contributed by atoms with Gasteiger partial charge in [0.2, 0.25) is 0 Å². The van der Waals surface area contributed by atoms with Crippen LogP contribution in [0, 0.1) is 0 Å². The van der Waals surface area contributed by atoms with Crippen molar-refractivity contribution in [3.63, 3.8) is 0 Å². The number of nitrogens with zero attached hydrogens (tertiary/aromatic N) is 1. The Kier molecular flexibility index (Phi) is 6.47. The lowest BCUT2D eigenvalue weighted by Crippen LogP contribution is -2.43. The maximum absolute atomic E-state index is 12.4. The number of hydrogen-bond donors (Lipinski definition) is 2. The Balaban J connectivity index is 1.42. The van der Waals surface area contributed by atoms with Gasteiger partial charge in [0.1, 0.15) is 0 Å². The van der Waals surface area contributed by atoms with E-state index >= 15 is 0 Å². The molecule has 1 aromatic heterocycles. The molecule has 0 aliphatic carbocycles. The number of carbonyl (C=O) groups is 2. The SMILES string of the molecule is O=C(NCC(c1ccsc1)N1CCc2ccccc2C1)C(=O)Nc1cccc(Cl)c1. The number of nitrogens with one attached hydrogen (secondary N) is 2. The second-order valence-electron chi connectivity index (χ2n) is 7.24. The molecule has 1 aliphatic rings. The summed E-state index contributed by atoms with van der Waals surface area (Å²) >= 11 is 7.56. The predicted octanol–water partition coefficient (Wildman–Crippen LogP) is 4.26. The molecular formula is C23H22ClN3O2S. The van der Waals surface area contributed by atoms with Gasteiger partial charge in [-0.25, -0.2) is 0 Å². The number of benzene rings is 2. The minimum Gasteiger partial charge on any atom is -0.346 e. The minimum absolute atomic E-state index is 0.00697. The summed E-state index contributed by atoms with van der Waals surface area (Å²) in [6.45, 7) is 2.09. The van der Waals surface area contributed by atoms with E-state index in [1.807, 2.05) is 5.38 Å². The van der Waals surface area contributed by atoms with Crippen LogP contribution in [-0.2, 0) is 22.6 Å². The van der Waals surface area contributed by atoms with E-state index < -0.39 is 11.8 Å². The first kappa shape index (κ1) is 20.6. The molecule has 1 atom stereocenters. The average Bonchev–Trinajstić information content (AvgIpc) is 3.28. The second-order valence-corrected chi connectivity index (χ2v) is 8.45. The highest BCUT2D eigenvalue weighted by molar-refractivity contribution is 7.08. The van der Waals surface area contributed by atoms with Crippen molar-refractivity contribution in [2.24, 2.45) is 0 Å². The van der Waals surface area contributed by atoms with E-state index in [0.29, 0.717) is 17.3 Å². The number of carbonyl (C=O) groups excluding carboxylic acids is 2. The summed E-state index contributed by atoms with van der Waals surface area (Å²) in [5.74, 6) is -1.36. The van der Waals surface area contributed by atoms with Crippen molar-refractivity contribution >= 4 is 40.4 Å². The van der Waals surface area contributed by atoms with Gasteiger partial charge in [-0.2, -0.15) is 11.3 Å². The van der Waals surface area contributed by atoms with E-state index in [1.54, 1.807) is 35.6 Å². The molecule has 0 bridgehead atoms. The van der Waals surface area contributed by atoms with E-state index in [2.05, 4.69) is 51.2 Å². The molecule has 0 saturated heterocycles. The molecule has 0 spiro atoms. The van der Waals surface area contributed by atoms with Gasteiger partial charge in [0.25, 0.3) is 0 Å². The Morgan fingerprint density at radius 3 is 2.67 bits per heavy atom. The molecule has 1 aliphatic heterocycles. The van der Waals surface area contributed by atoms with Gasteiger partial charge in [-0.3, -0.25) is 14.5 Å². The molecule has 154 valence electrons. The van der Waals surface area contributed by atoms with Crippen molar-refractivity contribution in [2.75, 3.05) is 18.4 Å². The smallest absolute Gasteiger partial charge is 0.313 e. The van der Waals surface area contributed by atoms with E-state index in [-0.39, 0.29) is 6.04 Å². The van der Waals surface area contributed by atoms with Crippen molar-refractivity contribution in [3.05, 3.63) is 87.1 Å². The lowest BCUT2D eigenvalue weighted by molar-refractivity contribution is -0.136. The van der Waals surface area contributed by atoms with Crippen LogP contribution in [0.1, 0.15) is 22.7 Å². The topological polar surface area (TPSA) is 61.4 Å². The van der Waals surface area contributed by atoms with Crippen molar-refractivity contribution in [3.8, 4) is 0 Å². The first-order chi connectivity index (χ1) is 14.6. The highest BCUT2D eigenvalue weighted by Gasteiger charge is 2.26. The molecule has 4 rings (SSSR count). The van der Waals surface area contributed by atoms with E-state index in [9.17, 15) is 9.59 Å². The fourth-order valence-electron chi connectivity index (χ4n) is 3.73. The van der Waals surface area contributed by atoms with Gasteiger partial charge >= 0.3 is 11.8 Å². The van der Waals surface area contributed by atoms with E-state index in [0.717, 1.165) is 25.1 Å². The largest absolute Gasteiger partial charge is 0.346 e. The van der Waals surface area contributed by atoms with Crippen molar-refractivity contribution in [2.45, 2.75) is 19.0 Å². The number of fused-ring (bicyclic) bond motifs is 1. The summed E-state index contributed by atoms with van der Waals surface area (Å²) in [5, 5.41) is 10.0. The Bertz CT molecular complexity index is 1040. The van der Waals surface area contributed by atoms with Gasteiger partial charge in [0.05, 0.1) is 6.04 Å². The molecule has 0 radical (unpaired) electrons. The Morgan fingerprint density at radius 1 is 1.07 bits per heavy atom. The third-order valence-corrected chi connectivity index (χ3v) is 6.21. The second kappa shape index (κ2) is 9.43. The number of rotatable bonds is 5. The number of amides is 2. The van der Waals surface area contributed by atoms with Crippen LogP contribution in [0.4, 0.5) is 5.69 Å². The van der Waals surface area contributed by atoms with Crippen molar-refractivity contribution < 1.29 is 9.59 Å². The summed E-state index contributed by atoms with van der Waals surface area (Å²) in [6, 6.07) is 17.3. The van der Waals surface area contributed by atoms with Crippen LogP contribution in [0.2, 0.25) is 5.02 Å². The van der Waals surface area contributed by atoms with E-state index in [4.69, 9.17) is 11.6 Å². The lowest BCUT2D eigenvalue weighted by atomic mass is 9.97. The highest BCUT2D eigenvalue weighted by Crippen LogP contribution is 2.28. The van der Waals surface area contributed by atoms with Crippen molar-refractivity contribution in [1.82, 2.24) is 10.2 Å². The molecule has 30 heavy (non-hydrogen) atoms. The molecule has 0 saturated carbocycles.